The van der Waals surface area contributed by atoms with Gasteiger partial charge in [-0.25, -0.2) is 4.79 Å². The van der Waals surface area contributed by atoms with E-state index >= 15 is 0 Å². The van der Waals surface area contributed by atoms with Crippen LogP contribution in [0.3, 0.4) is 0 Å². The summed E-state index contributed by atoms with van der Waals surface area (Å²) < 4.78 is 35.6. The fraction of sp³-hybridized carbons (Fsp3) is 0.300. The summed E-state index contributed by atoms with van der Waals surface area (Å²) in [5.74, 6) is -1.38. The molecule has 7 nitrogen and oxygen atoms in total. The van der Waals surface area contributed by atoms with Crippen molar-refractivity contribution in [2.75, 3.05) is 6.61 Å². The second-order valence-corrected chi connectivity index (χ2v) is 8.24. The number of carbonyl (C=O) groups excluding carboxylic acids is 2. The van der Waals surface area contributed by atoms with Crippen LogP contribution in [-0.2, 0) is 19.6 Å². The Kier molecular flexibility index (Phi) is 5.69. The molecule has 1 aliphatic carbocycles. The van der Waals surface area contributed by atoms with Gasteiger partial charge < -0.3 is 14.2 Å². The summed E-state index contributed by atoms with van der Waals surface area (Å²) in [6, 6.07) is 11.0. The van der Waals surface area contributed by atoms with Gasteiger partial charge in [0.2, 0.25) is 0 Å². The molecule has 1 amide bonds. The van der Waals surface area contributed by atoms with Crippen LogP contribution in [0.4, 0.5) is 0 Å². The fourth-order valence-electron chi connectivity index (χ4n) is 2.55. The number of nitrogens with one attached hydrogen (secondary N) is 1. The third kappa shape index (κ3) is 4.89. The highest BCUT2D eigenvalue weighted by atomic mass is 32.2. The standard InChI is InChI=1S/C20H21NO6S/c1-13-7-8-14(2)18(11-13)28(24,25)27-17-6-4-3-5-16(17)20(23)26-12-19(22)21-15-9-10-15/h3-8,11,15H,9-10,12H2,1-2H3,(H,21,22). The SMILES string of the molecule is Cc1ccc(C)c(S(=O)(=O)Oc2ccccc2C(=O)OCC(=O)NC2CC2)c1. The van der Waals surface area contributed by atoms with E-state index in [2.05, 4.69) is 5.32 Å². The lowest BCUT2D eigenvalue weighted by atomic mass is 10.2. The van der Waals surface area contributed by atoms with Crippen LogP contribution in [0.5, 0.6) is 5.75 Å². The number of carbonyl (C=O) groups is 2. The number of amides is 1. The molecular formula is C20H21NO6S. The molecule has 0 aliphatic heterocycles. The number of benzene rings is 2. The predicted molar refractivity (Wildman–Crippen MR) is 102 cm³/mol. The van der Waals surface area contributed by atoms with E-state index in [1.807, 2.05) is 0 Å². The van der Waals surface area contributed by atoms with Gasteiger partial charge in [0.15, 0.2) is 12.4 Å². The molecule has 8 heteroatoms. The fourth-order valence-corrected chi connectivity index (χ4v) is 3.82. The van der Waals surface area contributed by atoms with Gasteiger partial charge in [0.25, 0.3) is 5.91 Å². The van der Waals surface area contributed by atoms with Crippen molar-refractivity contribution in [2.24, 2.45) is 0 Å². The van der Waals surface area contributed by atoms with E-state index in [1.54, 1.807) is 38.1 Å². The van der Waals surface area contributed by atoms with E-state index in [-0.39, 0.29) is 22.3 Å². The average molecular weight is 403 g/mol. The minimum absolute atomic E-state index is 0.0273. The number of hydrogen-bond donors (Lipinski definition) is 1. The Hall–Kier alpha value is -2.87. The first-order valence-corrected chi connectivity index (χ1v) is 10.2. The van der Waals surface area contributed by atoms with Crippen LogP contribution >= 0.6 is 0 Å². The minimum atomic E-state index is -4.15. The first-order valence-electron chi connectivity index (χ1n) is 8.83. The molecule has 28 heavy (non-hydrogen) atoms. The zero-order valence-corrected chi connectivity index (χ0v) is 16.4. The number of esters is 1. The van der Waals surface area contributed by atoms with E-state index < -0.39 is 28.6 Å². The summed E-state index contributed by atoms with van der Waals surface area (Å²) >= 11 is 0. The Labute approximate surface area is 163 Å². The van der Waals surface area contributed by atoms with Crippen LogP contribution in [0.2, 0.25) is 0 Å². The van der Waals surface area contributed by atoms with Crippen molar-refractivity contribution in [1.82, 2.24) is 5.32 Å². The quantitative estimate of drug-likeness (QED) is 0.563. The van der Waals surface area contributed by atoms with Crippen molar-refractivity contribution in [3.05, 3.63) is 59.2 Å². The van der Waals surface area contributed by atoms with E-state index in [1.165, 1.54) is 18.2 Å². The minimum Gasteiger partial charge on any atom is -0.452 e. The van der Waals surface area contributed by atoms with Gasteiger partial charge in [-0.2, -0.15) is 8.42 Å². The van der Waals surface area contributed by atoms with Crippen LogP contribution in [0.25, 0.3) is 0 Å². The zero-order valence-electron chi connectivity index (χ0n) is 15.6. The molecule has 2 aromatic carbocycles. The van der Waals surface area contributed by atoms with Crippen LogP contribution in [0.15, 0.2) is 47.4 Å². The normalized spacial score (nSPS) is 13.6. The maximum atomic E-state index is 12.7. The molecule has 0 radical (unpaired) electrons. The highest BCUT2D eigenvalue weighted by molar-refractivity contribution is 7.87. The van der Waals surface area contributed by atoms with Gasteiger partial charge >= 0.3 is 16.1 Å². The molecule has 3 rings (SSSR count). The molecule has 0 bridgehead atoms. The lowest BCUT2D eigenvalue weighted by Gasteiger charge is -2.13. The second kappa shape index (κ2) is 8.02. The lowest BCUT2D eigenvalue weighted by Crippen LogP contribution is -2.30. The summed E-state index contributed by atoms with van der Waals surface area (Å²) in [4.78, 5) is 24.0. The van der Waals surface area contributed by atoms with Gasteiger partial charge in [-0.1, -0.05) is 24.3 Å². The third-order valence-electron chi connectivity index (χ3n) is 4.20. The monoisotopic (exact) mass is 403 g/mol. The molecule has 0 heterocycles. The van der Waals surface area contributed by atoms with E-state index in [9.17, 15) is 18.0 Å². The molecule has 1 aliphatic rings. The molecule has 1 saturated carbocycles. The molecule has 1 fully saturated rings. The van der Waals surface area contributed by atoms with Gasteiger partial charge in [0, 0.05) is 6.04 Å². The Bertz CT molecular complexity index is 1010. The van der Waals surface area contributed by atoms with Crippen LogP contribution in [0.1, 0.15) is 34.3 Å². The van der Waals surface area contributed by atoms with Crippen molar-refractivity contribution in [2.45, 2.75) is 37.6 Å². The van der Waals surface area contributed by atoms with Crippen LogP contribution < -0.4 is 9.50 Å². The summed E-state index contributed by atoms with van der Waals surface area (Å²) in [6.07, 6.45) is 1.85. The Morgan fingerprint density at radius 3 is 2.54 bits per heavy atom. The predicted octanol–water partition coefficient (Wildman–Crippen LogP) is 2.51. The Balaban J connectivity index is 1.76. The summed E-state index contributed by atoms with van der Waals surface area (Å²) in [6.45, 7) is 3.00. The average Bonchev–Trinajstić information content (AvgIpc) is 3.45. The van der Waals surface area contributed by atoms with Gasteiger partial charge in [-0.15, -0.1) is 0 Å². The molecule has 148 valence electrons. The topological polar surface area (TPSA) is 98.8 Å². The Morgan fingerprint density at radius 2 is 1.82 bits per heavy atom. The highest BCUT2D eigenvalue weighted by Gasteiger charge is 2.25. The van der Waals surface area contributed by atoms with Crippen LogP contribution in [-0.4, -0.2) is 32.9 Å². The molecule has 0 spiro atoms. The van der Waals surface area contributed by atoms with Crippen LogP contribution in [0, 0.1) is 13.8 Å². The second-order valence-electron chi connectivity index (χ2n) is 6.72. The molecule has 2 aromatic rings. The number of rotatable bonds is 7. The molecule has 1 N–H and O–H groups in total. The van der Waals surface area contributed by atoms with Gasteiger partial charge in [-0.05, 0) is 56.0 Å². The van der Waals surface area contributed by atoms with Crippen molar-refractivity contribution in [1.29, 1.82) is 0 Å². The van der Waals surface area contributed by atoms with Gasteiger partial charge in [-0.3, -0.25) is 4.79 Å². The molecule has 0 aromatic heterocycles. The zero-order chi connectivity index (χ0) is 20.3. The largest absolute Gasteiger partial charge is 0.452 e. The summed E-state index contributed by atoms with van der Waals surface area (Å²) in [5.41, 5.74) is 1.22. The van der Waals surface area contributed by atoms with E-state index in [0.717, 1.165) is 18.4 Å². The molecular weight excluding hydrogens is 382 g/mol. The third-order valence-corrected chi connectivity index (χ3v) is 5.57. The smallest absolute Gasteiger partial charge is 0.342 e. The van der Waals surface area contributed by atoms with Crippen molar-refractivity contribution in [3.8, 4) is 5.75 Å². The maximum Gasteiger partial charge on any atom is 0.342 e. The summed E-state index contributed by atoms with van der Waals surface area (Å²) in [5, 5.41) is 2.70. The first-order chi connectivity index (χ1) is 13.3. The Morgan fingerprint density at radius 1 is 1.11 bits per heavy atom. The molecule has 0 unspecified atom stereocenters. The summed E-state index contributed by atoms with van der Waals surface area (Å²) in [7, 11) is -4.15. The number of ether oxygens (including phenoxy) is 1. The van der Waals surface area contributed by atoms with Gasteiger partial charge in [0.05, 0.1) is 0 Å². The van der Waals surface area contributed by atoms with Crippen molar-refractivity contribution in [3.63, 3.8) is 0 Å². The number of para-hydroxylation sites is 1. The van der Waals surface area contributed by atoms with E-state index in [4.69, 9.17) is 8.92 Å². The lowest BCUT2D eigenvalue weighted by molar-refractivity contribution is -0.124. The maximum absolute atomic E-state index is 12.7. The number of hydrogen-bond acceptors (Lipinski definition) is 6. The van der Waals surface area contributed by atoms with Gasteiger partial charge in [0.1, 0.15) is 10.5 Å². The van der Waals surface area contributed by atoms with Crippen molar-refractivity contribution >= 4 is 22.0 Å². The first kappa shape index (κ1) is 19.9. The number of aryl methyl sites for hydroxylation is 2. The highest BCUT2D eigenvalue weighted by Crippen LogP contribution is 2.26. The van der Waals surface area contributed by atoms with E-state index in [0.29, 0.717) is 5.56 Å². The molecule has 0 atom stereocenters. The van der Waals surface area contributed by atoms with Crippen molar-refractivity contribution < 1.29 is 26.9 Å². The molecule has 0 saturated heterocycles.